The van der Waals surface area contributed by atoms with E-state index in [1.54, 1.807) is 12.1 Å². The molecule has 0 bridgehead atoms. The maximum absolute atomic E-state index is 12.9. The van der Waals surface area contributed by atoms with Crippen LogP contribution < -0.4 is 5.32 Å². The first-order valence-corrected chi connectivity index (χ1v) is 12.2. The summed E-state index contributed by atoms with van der Waals surface area (Å²) in [7, 11) is 0. The number of nitrogens with zero attached hydrogens (tertiary/aromatic N) is 1. The molecule has 0 radical (unpaired) electrons. The highest BCUT2D eigenvalue weighted by Gasteiger charge is 2.34. The molecule has 3 aromatic carbocycles. The Kier molecular flexibility index (Phi) is 6.30. The van der Waals surface area contributed by atoms with Crippen molar-refractivity contribution in [3.63, 3.8) is 0 Å². The molecule has 1 unspecified atom stereocenters. The number of aliphatic carboxylic acids is 1. The van der Waals surface area contributed by atoms with Gasteiger partial charge in [-0.3, -0.25) is 10.1 Å². The summed E-state index contributed by atoms with van der Waals surface area (Å²) < 4.78 is 6.19. The average Bonchev–Trinajstić information content (AvgIpc) is 3.47. The van der Waals surface area contributed by atoms with Gasteiger partial charge in [-0.1, -0.05) is 48.5 Å². The molecule has 2 amide bonds. The maximum Gasteiger partial charge on any atom is 0.411 e. The Morgan fingerprint density at radius 1 is 1.00 bits per heavy atom. The van der Waals surface area contributed by atoms with E-state index < -0.39 is 18.1 Å². The molecule has 1 fully saturated rings. The molecule has 8 heteroatoms. The Balaban J connectivity index is 1.29. The number of carbonyl (C=O) groups is 3. The van der Waals surface area contributed by atoms with Gasteiger partial charge in [0.2, 0.25) is 0 Å². The molecule has 1 saturated heterocycles. The van der Waals surface area contributed by atoms with Crippen LogP contribution in [-0.2, 0) is 9.53 Å². The van der Waals surface area contributed by atoms with Crippen molar-refractivity contribution in [2.75, 3.05) is 18.5 Å². The summed E-state index contributed by atoms with van der Waals surface area (Å²) in [4.78, 5) is 38.5. The molecule has 35 heavy (non-hydrogen) atoms. The summed E-state index contributed by atoms with van der Waals surface area (Å²) in [5.74, 6) is -1.45. The van der Waals surface area contributed by atoms with Crippen molar-refractivity contribution in [3.05, 3.63) is 87.9 Å². The van der Waals surface area contributed by atoms with E-state index in [0.717, 1.165) is 22.3 Å². The topological polar surface area (TPSA) is 95.9 Å². The number of carboxylic acids is 1. The van der Waals surface area contributed by atoms with Crippen LogP contribution in [0.5, 0.6) is 0 Å². The Morgan fingerprint density at radius 3 is 2.31 bits per heavy atom. The van der Waals surface area contributed by atoms with E-state index in [1.807, 2.05) is 24.3 Å². The number of ether oxygens (including phenoxy) is 1. The highest BCUT2D eigenvalue weighted by molar-refractivity contribution is 9.10. The summed E-state index contributed by atoms with van der Waals surface area (Å²) in [5, 5.41) is 12.1. The van der Waals surface area contributed by atoms with Gasteiger partial charge in [-0.15, -0.1) is 0 Å². The predicted octanol–water partition coefficient (Wildman–Crippen LogP) is 5.50. The quantitative estimate of drug-likeness (QED) is 0.450. The van der Waals surface area contributed by atoms with Crippen molar-refractivity contribution in [2.24, 2.45) is 0 Å². The van der Waals surface area contributed by atoms with Gasteiger partial charge in [-0.05, 0) is 69.2 Å². The number of anilines is 1. The SMILES string of the molecule is O=C(Nc1cc(C(=O)N2CCCC2C(=O)O)ccc1Br)OCC1c2ccccc2-c2ccccc21. The number of hydrogen-bond acceptors (Lipinski definition) is 4. The molecule has 2 aliphatic rings. The van der Waals surface area contributed by atoms with E-state index >= 15 is 0 Å². The zero-order valence-electron chi connectivity index (χ0n) is 18.7. The van der Waals surface area contributed by atoms with Crippen LogP contribution >= 0.6 is 15.9 Å². The van der Waals surface area contributed by atoms with Gasteiger partial charge in [0.15, 0.2) is 0 Å². The summed E-state index contributed by atoms with van der Waals surface area (Å²) >= 11 is 3.40. The largest absolute Gasteiger partial charge is 0.480 e. The lowest BCUT2D eigenvalue weighted by Crippen LogP contribution is -2.40. The van der Waals surface area contributed by atoms with Gasteiger partial charge in [-0.2, -0.15) is 0 Å². The second-order valence-electron chi connectivity index (χ2n) is 8.64. The van der Waals surface area contributed by atoms with Crippen LogP contribution in [0.3, 0.4) is 0 Å². The van der Waals surface area contributed by atoms with Crippen molar-refractivity contribution in [3.8, 4) is 11.1 Å². The number of hydrogen-bond donors (Lipinski definition) is 2. The molecule has 0 aromatic heterocycles. The average molecular weight is 535 g/mol. The number of rotatable bonds is 5. The molecule has 1 heterocycles. The molecule has 1 aliphatic carbocycles. The van der Waals surface area contributed by atoms with Crippen LogP contribution in [0.2, 0.25) is 0 Å². The van der Waals surface area contributed by atoms with Crippen molar-refractivity contribution in [2.45, 2.75) is 24.8 Å². The third kappa shape index (κ3) is 4.41. The molecular formula is C27H23BrN2O5. The maximum atomic E-state index is 12.9. The summed E-state index contributed by atoms with van der Waals surface area (Å²) in [6.07, 6.45) is 0.439. The molecule has 178 valence electrons. The van der Waals surface area contributed by atoms with Crippen LogP contribution in [0.4, 0.5) is 10.5 Å². The molecule has 2 N–H and O–H groups in total. The van der Waals surface area contributed by atoms with E-state index in [9.17, 15) is 19.5 Å². The third-order valence-electron chi connectivity index (χ3n) is 6.59. The van der Waals surface area contributed by atoms with E-state index in [-0.39, 0.29) is 18.4 Å². The lowest BCUT2D eigenvalue weighted by atomic mass is 9.98. The van der Waals surface area contributed by atoms with Crippen LogP contribution in [-0.4, -0.2) is 47.2 Å². The monoisotopic (exact) mass is 534 g/mol. The zero-order valence-corrected chi connectivity index (χ0v) is 20.3. The van der Waals surface area contributed by atoms with Crippen molar-refractivity contribution < 1.29 is 24.2 Å². The Labute approximate surface area is 210 Å². The molecule has 3 aromatic rings. The Morgan fingerprint density at radius 2 is 1.66 bits per heavy atom. The fourth-order valence-corrected chi connectivity index (χ4v) is 5.28. The molecule has 0 saturated carbocycles. The first kappa shape index (κ1) is 23.1. The van der Waals surface area contributed by atoms with Crippen molar-refractivity contribution >= 4 is 39.6 Å². The molecule has 1 aliphatic heterocycles. The van der Waals surface area contributed by atoms with Gasteiger partial charge >= 0.3 is 12.1 Å². The molecule has 7 nitrogen and oxygen atoms in total. The zero-order chi connectivity index (χ0) is 24.5. The van der Waals surface area contributed by atoms with Gasteiger partial charge in [0.1, 0.15) is 12.6 Å². The highest BCUT2D eigenvalue weighted by Crippen LogP contribution is 2.44. The second-order valence-corrected chi connectivity index (χ2v) is 9.49. The van der Waals surface area contributed by atoms with Gasteiger partial charge in [0.25, 0.3) is 5.91 Å². The lowest BCUT2D eigenvalue weighted by molar-refractivity contribution is -0.141. The standard InChI is InChI=1S/C27H23BrN2O5/c28-22-12-11-16(25(31)30-13-5-10-24(30)26(32)33)14-23(22)29-27(34)35-15-21-19-8-3-1-6-17(19)18-7-2-4-9-20(18)21/h1-4,6-9,11-12,14,21,24H,5,10,13,15H2,(H,29,34)(H,32,33). The fraction of sp³-hybridized carbons (Fsp3) is 0.222. The molecule has 5 rings (SSSR count). The minimum atomic E-state index is -1.01. The lowest BCUT2D eigenvalue weighted by Gasteiger charge is -2.22. The minimum Gasteiger partial charge on any atom is -0.480 e. The number of carboxylic acid groups (broad SMARTS) is 1. The van der Waals surface area contributed by atoms with Crippen LogP contribution in [0.25, 0.3) is 11.1 Å². The molecule has 0 spiro atoms. The van der Waals surface area contributed by atoms with Crippen LogP contribution in [0, 0.1) is 0 Å². The van der Waals surface area contributed by atoms with Crippen molar-refractivity contribution in [1.82, 2.24) is 4.90 Å². The van der Waals surface area contributed by atoms with E-state index in [1.165, 1.54) is 11.0 Å². The minimum absolute atomic E-state index is 0.0624. The first-order valence-electron chi connectivity index (χ1n) is 11.4. The number of benzene rings is 3. The normalized spacial score (nSPS) is 16.5. The second kappa shape index (κ2) is 9.54. The number of nitrogens with one attached hydrogen (secondary N) is 1. The van der Waals surface area contributed by atoms with Gasteiger partial charge in [-0.25, -0.2) is 9.59 Å². The fourth-order valence-electron chi connectivity index (χ4n) is 4.93. The van der Waals surface area contributed by atoms with E-state index in [4.69, 9.17) is 4.74 Å². The number of carbonyl (C=O) groups excluding carboxylic acids is 2. The van der Waals surface area contributed by atoms with E-state index in [0.29, 0.717) is 35.1 Å². The summed E-state index contributed by atoms with van der Waals surface area (Å²) in [5.41, 5.74) is 5.21. The smallest absolute Gasteiger partial charge is 0.411 e. The number of amides is 2. The number of halogens is 1. The van der Waals surface area contributed by atoms with Crippen LogP contribution in [0.1, 0.15) is 40.2 Å². The van der Waals surface area contributed by atoms with Crippen LogP contribution in [0.15, 0.2) is 71.2 Å². The Hall–Kier alpha value is -3.65. The van der Waals surface area contributed by atoms with Gasteiger partial charge in [0, 0.05) is 22.5 Å². The van der Waals surface area contributed by atoms with E-state index in [2.05, 4.69) is 45.5 Å². The molecule has 1 atom stereocenters. The summed E-state index contributed by atoms with van der Waals surface area (Å²) in [6, 6.07) is 20.2. The number of fused-ring (bicyclic) bond motifs is 3. The highest BCUT2D eigenvalue weighted by atomic mass is 79.9. The van der Waals surface area contributed by atoms with Gasteiger partial charge in [0.05, 0.1) is 5.69 Å². The Bertz CT molecular complexity index is 1280. The predicted molar refractivity (Wildman–Crippen MR) is 135 cm³/mol. The third-order valence-corrected chi connectivity index (χ3v) is 7.28. The first-order chi connectivity index (χ1) is 16.9. The number of likely N-dealkylation sites (tertiary alicyclic amines) is 1. The molecular weight excluding hydrogens is 512 g/mol. The van der Waals surface area contributed by atoms with Crippen molar-refractivity contribution in [1.29, 1.82) is 0 Å². The summed E-state index contributed by atoms with van der Waals surface area (Å²) in [6.45, 7) is 0.561. The van der Waals surface area contributed by atoms with Gasteiger partial charge < -0.3 is 14.7 Å².